The number of rotatable bonds is 14. The van der Waals surface area contributed by atoms with Crippen LogP contribution < -0.4 is 0 Å². The average Bonchev–Trinajstić information content (AvgIpc) is 3.34. The molecule has 14 nitrogen and oxygen atoms in total. The lowest BCUT2D eigenvalue weighted by Gasteiger charge is -2.50. The Morgan fingerprint density at radius 3 is 1.56 bits per heavy atom. The van der Waals surface area contributed by atoms with Crippen molar-refractivity contribution < 1.29 is 66.9 Å². The van der Waals surface area contributed by atoms with Gasteiger partial charge in [0, 0.05) is 5.56 Å². The first-order valence-electron chi connectivity index (χ1n) is 20.9. The fraction of sp³-hybridized carbons (Fsp3) is 0.306. The molecule has 64 heavy (non-hydrogen) atoms. The van der Waals surface area contributed by atoms with E-state index in [9.17, 15) is 24.3 Å². The van der Waals surface area contributed by atoms with Gasteiger partial charge in [-0.25, -0.2) is 19.2 Å². The topological polar surface area (TPSA) is 172 Å². The van der Waals surface area contributed by atoms with Crippen molar-refractivity contribution in [1.29, 1.82) is 0 Å². The highest BCUT2D eigenvalue weighted by molar-refractivity contribution is 7.99. The first-order valence-corrected chi connectivity index (χ1v) is 21.9. The van der Waals surface area contributed by atoms with Crippen LogP contribution in [-0.2, 0) is 42.6 Å². The molecule has 0 amide bonds. The summed E-state index contributed by atoms with van der Waals surface area (Å²) in [7, 11) is 0. The van der Waals surface area contributed by atoms with Crippen LogP contribution in [0.5, 0.6) is 0 Å². The van der Waals surface area contributed by atoms with E-state index in [4.69, 9.17) is 42.6 Å². The maximum absolute atomic E-state index is 14.1. The molecule has 5 aromatic rings. The number of benzene rings is 5. The average molecular weight is 891 g/mol. The van der Waals surface area contributed by atoms with Crippen molar-refractivity contribution in [3.05, 3.63) is 179 Å². The molecule has 15 heteroatoms. The molecule has 5 aromatic carbocycles. The molecule has 3 aliphatic heterocycles. The molecule has 0 spiro atoms. The van der Waals surface area contributed by atoms with Crippen LogP contribution in [0.3, 0.4) is 0 Å². The summed E-state index contributed by atoms with van der Waals surface area (Å²) in [6, 6.07) is 41.6. The van der Waals surface area contributed by atoms with Crippen LogP contribution in [0.4, 0.5) is 0 Å². The van der Waals surface area contributed by atoms with Crippen LogP contribution in [0.15, 0.2) is 152 Å². The Bertz CT molecular complexity index is 2310. The molecule has 3 aliphatic rings. The third kappa shape index (κ3) is 10.5. The minimum Gasteiger partial charge on any atom is -0.459 e. The smallest absolute Gasteiger partial charge is 0.338 e. The summed E-state index contributed by atoms with van der Waals surface area (Å²) in [5, 5.41) is 12.1. The van der Waals surface area contributed by atoms with Gasteiger partial charge in [-0.2, -0.15) is 0 Å². The predicted molar refractivity (Wildman–Crippen MR) is 230 cm³/mol. The van der Waals surface area contributed by atoms with Crippen LogP contribution >= 0.6 is 11.8 Å². The largest absolute Gasteiger partial charge is 0.459 e. The summed E-state index contributed by atoms with van der Waals surface area (Å²) in [4.78, 5) is 55.7. The van der Waals surface area contributed by atoms with Gasteiger partial charge in [-0.05, 0) is 54.3 Å². The van der Waals surface area contributed by atoms with Gasteiger partial charge in [-0.3, -0.25) is 0 Å². The molecule has 11 atom stereocenters. The van der Waals surface area contributed by atoms with E-state index in [1.54, 1.807) is 84.9 Å². The molecule has 8 rings (SSSR count). The van der Waals surface area contributed by atoms with E-state index in [-0.39, 0.29) is 28.9 Å². The van der Waals surface area contributed by atoms with Gasteiger partial charge in [0.25, 0.3) is 0 Å². The van der Waals surface area contributed by atoms with E-state index in [0.29, 0.717) is 11.3 Å². The van der Waals surface area contributed by atoms with Gasteiger partial charge in [0.15, 0.2) is 30.9 Å². The maximum Gasteiger partial charge on any atom is 0.338 e. The number of carbonyl (C=O) groups excluding carboxylic acids is 4. The van der Waals surface area contributed by atoms with Gasteiger partial charge in [0.2, 0.25) is 0 Å². The number of hydrogen-bond acceptors (Lipinski definition) is 15. The van der Waals surface area contributed by atoms with E-state index < -0.39 is 97.3 Å². The molecule has 0 aliphatic carbocycles. The van der Waals surface area contributed by atoms with Gasteiger partial charge in [-0.1, -0.05) is 110 Å². The van der Waals surface area contributed by atoms with Crippen LogP contribution in [0.1, 0.15) is 60.2 Å². The number of hydrogen-bond donors (Lipinski definition) is 1. The lowest BCUT2D eigenvalue weighted by atomic mass is 9.96. The fourth-order valence-corrected chi connectivity index (χ4v) is 8.49. The molecule has 1 N–H and O–H groups in total. The number of esters is 4. The Kier molecular flexibility index (Phi) is 14.8. The van der Waals surface area contributed by atoms with Gasteiger partial charge in [-0.15, -0.1) is 11.8 Å². The van der Waals surface area contributed by atoms with E-state index in [0.717, 1.165) is 0 Å². The Morgan fingerprint density at radius 1 is 0.578 bits per heavy atom. The van der Waals surface area contributed by atoms with Crippen molar-refractivity contribution >= 4 is 35.6 Å². The lowest BCUT2D eigenvalue weighted by molar-refractivity contribution is -0.364. The summed E-state index contributed by atoms with van der Waals surface area (Å²) < 4.78 is 56.8. The third-order valence-corrected chi connectivity index (χ3v) is 11.8. The first-order chi connectivity index (χ1) is 31.3. The standard InChI is InChI=1S/C49H46O14S/c1-2-64-49-37(50)40(38-36(58-49)29-56-47(62-38)34-26-16-7-17-27-34)63-48-42(61-46(54)33-24-14-6-15-25-33)41(60-45(53)32-22-12-5-13-23-32)39(59-44(52)31-20-10-4-11-21-31)35(57-48)28-55-43(51)30-18-8-3-9-19-30/h3-27,35-42,47-50H,2,28-29H2,1H3/t35-,36-,37-,38-,39-,40-,41+,42-,47?,48+,49+/m1/s1. The van der Waals surface area contributed by atoms with Gasteiger partial charge in [0.05, 0.1) is 28.9 Å². The number of aliphatic hydroxyl groups is 1. The van der Waals surface area contributed by atoms with Crippen LogP contribution in [0, 0.1) is 0 Å². The normalized spacial score (nSPS) is 27.6. The van der Waals surface area contributed by atoms with E-state index >= 15 is 0 Å². The number of ether oxygens (including phenoxy) is 9. The molecule has 3 saturated heterocycles. The Balaban J connectivity index is 1.21. The number of fused-ring (bicyclic) bond motifs is 1. The zero-order valence-corrected chi connectivity index (χ0v) is 35.4. The second kappa shape index (κ2) is 21.2. The Hall–Kier alpha value is -5.91. The number of aliphatic hydroxyl groups excluding tert-OH is 1. The predicted octanol–water partition coefficient (Wildman–Crippen LogP) is 6.58. The van der Waals surface area contributed by atoms with Crippen molar-refractivity contribution in [2.75, 3.05) is 19.0 Å². The quantitative estimate of drug-likeness (QED) is 0.0936. The maximum atomic E-state index is 14.1. The molecular weight excluding hydrogens is 845 g/mol. The minimum absolute atomic E-state index is 0.0718. The zero-order valence-electron chi connectivity index (χ0n) is 34.6. The summed E-state index contributed by atoms with van der Waals surface area (Å²) in [5.41, 5.74) is 0.525. The Morgan fingerprint density at radius 2 is 1.05 bits per heavy atom. The summed E-state index contributed by atoms with van der Waals surface area (Å²) >= 11 is 1.34. The van der Waals surface area contributed by atoms with E-state index in [1.807, 2.05) is 37.3 Å². The van der Waals surface area contributed by atoms with Crippen molar-refractivity contribution in [1.82, 2.24) is 0 Å². The highest BCUT2D eigenvalue weighted by atomic mass is 32.2. The van der Waals surface area contributed by atoms with E-state index in [2.05, 4.69) is 0 Å². The number of thioether (sulfide) groups is 1. The Labute approximate surface area is 373 Å². The first kappa shape index (κ1) is 44.7. The van der Waals surface area contributed by atoms with Crippen molar-refractivity contribution in [2.24, 2.45) is 0 Å². The minimum atomic E-state index is -1.69. The van der Waals surface area contributed by atoms with E-state index in [1.165, 1.54) is 48.2 Å². The summed E-state index contributed by atoms with van der Waals surface area (Å²) in [6.07, 6.45) is -13.3. The monoisotopic (exact) mass is 890 g/mol. The van der Waals surface area contributed by atoms with Crippen LogP contribution in [-0.4, -0.2) is 109 Å². The SMILES string of the molecule is CCS[C@@H]1O[C@@H]2COC(c3ccccc3)O[C@H]2[C@H](O[C@@H]2O[C@H](COC(=O)c3ccccc3)[C@@H](OC(=O)c3ccccc3)[C@H](OC(=O)c3ccccc3)[C@H]2OC(=O)c2ccccc2)[C@H]1O. The molecule has 0 aromatic heterocycles. The third-order valence-electron chi connectivity index (χ3n) is 10.7. The van der Waals surface area contributed by atoms with Gasteiger partial charge >= 0.3 is 23.9 Å². The van der Waals surface area contributed by atoms with Crippen molar-refractivity contribution in [2.45, 2.75) is 73.8 Å². The molecule has 3 heterocycles. The van der Waals surface area contributed by atoms with Crippen LogP contribution in [0.25, 0.3) is 0 Å². The number of carbonyl (C=O) groups is 4. The van der Waals surface area contributed by atoms with Crippen molar-refractivity contribution in [3.8, 4) is 0 Å². The highest BCUT2D eigenvalue weighted by Gasteiger charge is 2.57. The molecule has 0 radical (unpaired) electrons. The molecule has 0 saturated carbocycles. The molecule has 0 bridgehead atoms. The van der Waals surface area contributed by atoms with Crippen LogP contribution in [0.2, 0.25) is 0 Å². The molecule has 3 fully saturated rings. The van der Waals surface area contributed by atoms with Crippen molar-refractivity contribution in [3.63, 3.8) is 0 Å². The summed E-state index contributed by atoms with van der Waals surface area (Å²) in [6.45, 7) is 1.42. The highest BCUT2D eigenvalue weighted by Crippen LogP contribution is 2.40. The molecule has 332 valence electrons. The second-order valence-corrected chi connectivity index (χ2v) is 16.4. The summed E-state index contributed by atoms with van der Waals surface area (Å²) in [5.74, 6) is -2.72. The second-order valence-electron chi connectivity index (χ2n) is 15.0. The molecular formula is C49H46O14S. The van der Waals surface area contributed by atoms with Gasteiger partial charge in [0.1, 0.15) is 42.6 Å². The van der Waals surface area contributed by atoms with Gasteiger partial charge < -0.3 is 47.7 Å². The fourth-order valence-electron chi connectivity index (χ4n) is 7.59. The molecule has 1 unspecified atom stereocenters. The lowest BCUT2D eigenvalue weighted by Crippen LogP contribution is -2.67. The zero-order chi connectivity index (χ0) is 44.4.